The third-order valence-corrected chi connectivity index (χ3v) is 2.55. The maximum atomic E-state index is 11.5. The van der Waals surface area contributed by atoms with Gasteiger partial charge in [-0.05, 0) is 6.07 Å². The van der Waals surface area contributed by atoms with E-state index >= 15 is 0 Å². The Labute approximate surface area is 91.1 Å². The number of nitrogen functional groups attached to an aromatic ring is 1. The molecule has 1 fully saturated rings. The van der Waals surface area contributed by atoms with Gasteiger partial charge in [-0.25, -0.2) is 4.79 Å². The number of nitrogens with zero attached hydrogens (tertiary/aromatic N) is 2. The monoisotopic (exact) mass is 230 g/mol. The van der Waals surface area contributed by atoms with Crippen LogP contribution in [0.5, 0.6) is 0 Å². The molecular weight excluding hydrogens is 217 g/mol. The summed E-state index contributed by atoms with van der Waals surface area (Å²) in [4.78, 5) is 15.0. The highest BCUT2D eigenvalue weighted by molar-refractivity contribution is 5.23. The quantitative estimate of drug-likeness (QED) is 0.568. The van der Waals surface area contributed by atoms with Gasteiger partial charge in [0.1, 0.15) is 18.1 Å². The topological polar surface area (TPSA) is 111 Å². The molecule has 1 aliphatic heterocycles. The molecule has 0 radical (unpaired) electrons. The molecule has 0 aromatic carbocycles. The van der Waals surface area contributed by atoms with Crippen LogP contribution in [0.1, 0.15) is 12.6 Å². The van der Waals surface area contributed by atoms with Crippen molar-refractivity contribution < 1.29 is 14.9 Å². The van der Waals surface area contributed by atoms with E-state index in [9.17, 15) is 9.90 Å². The second-order valence-corrected chi connectivity index (χ2v) is 3.66. The van der Waals surface area contributed by atoms with Gasteiger partial charge in [-0.3, -0.25) is 4.57 Å². The fourth-order valence-corrected chi connectivity index (χ4v) is 1.70. The Bertz CT molecular complexity index is 433. The predicted molar refractivity (Wildman–Crippen MR) is 54.5 cm³/mol. The van der Waals surface area contributed by atoms with Crippen molar-refractivity contribution in [2.24, 2.45) is 0 Å². The normalized spacial score (nSPS) is 29.5. The Balaban J connectivity index is 2.23. The van der Waals surface area contributed by atoms with Crippen LogP contribution >= 0.6 is 0 Å². The minimum Gasteiger partial charge on any atom is -0.394 e. The first-order valence-electron chi connectivity index (χ1n) is 4.91. The molecule has 2 heterocycles. The summed E-state index contributed by atoms with van der Waals surface area (Å²) in [5.41, 5.74) is 4.82. The van der Waals surface area contributed by atoms with Crippen molar-refractivity contribution >= 4 is 5.82 Å². The molecule has 2 rings (SSSR count). The highest BCUT2D eigenvalue weighted by Crippen LogP contribution is 2.27. The van der Waals surface area contributed by atoms with E-state index in [-0.39, 0.29) is 18.8 Å². The van der Waals surface area contributed by atoms with E-state index in [4.69, 9.17) is 15.6 Å². The summed E-state index contributed by atoms with van der Waals surface area (Å²) in [5, 5.41) is 18.4. The Morgan fingerprint density at radius 2 is 2.44 bits per heavy atom. The van der Waals surface area contributed by atoms with Gasteiger partial charge in [-0.1, -0.05) is 0 Å². The number of rotatable bonds is 2. The fraction of sp³-hybridized carbons (Fsp3) is 0.556. The van der Waals surface area contributed by atoms with Crippen molar-refractivity contribution in [2.45, 2.75) is 24.9 Å². The SMILES string of the molecule is Nc1cc[15n]([C@H]2C[C@H](O)[C@@H](CO)O2)[13c](=O)[15n]1. The Hall–Kier alpha value is -1.44. The van der Waals surface area contributed by atoms with Crippen LogP contribution in [0, 0.1) is 0 Å². The zero-order chi connectivity index (χ0) is 11.7. The molecular formula is C9H13N3O4. The minimum atomic E-state index is -0.778. The molecule has 16 heavy (non-hydrogen) atoms. The summed E-state index contributed by atoms with van der Waals surface area (Å²) in [7, 11) is 0. The molecule has 1 aromatic rings. The highest BCUT2D eigenvalue weighted by Gasteiger charge is 2.34. The highest BCUT2D eigenvalue weighted by atomic mass is 16.6. The molecule has 0 spiro atoms. The minimum absolute atomic E-state index is 0.138. The van der Waals surface area contributed by atoms with Crippen molar-refractivity contribution in [3.8, 4) is 0 Å². The van der Waals surface area contributed by atoms with Crippen LogP contribution in [-0.2, 0) is 4.74 Å². The third kappa shape index (κ3) is 1.92. The van der Waals surface area contributed by atoms with Crippen LogP contribution in [0.2, 0.25) is 0 Å². The summed E-state index contributed by atoms with van der Waals surface area (Å²) >= 11 is 0. The molecule has 3 atom stereocenters. The van der Waals surface area contributed by atoms with Crippen LogP contribution in [0.4, 0.5) is 5.82 Å². The van der Waals surface area contributed by atoms with Crippen molar-refractivity contribution in [3.63, 3.8) is 0 Å². The van der Waals surface area contributed by atoms with Gasteiger partial charge < -0.3 is 20.7 Å². The van der Waals surface area contributed by atoms with E-state index in [1.807, 2.05) is 0 Å². The van der Waals surface area contributed by atoms with E-state index in [0.717, 1.165) is 0 Å². The summed E-state index contributed by atoms with van der Waals surface area (Å²) in [6.45, 7) is -0.283. The van der Waals surface area contributed by atoms with E-state index in [1.54, 1.807) is 0 Å². The van der Waals surface area contributed by atoms with Crippen LogP contribution in [0.15, 0.2) is 17.1 Å². The smallest absolute Gasteiger partial charge is 0.351 e. The molecule has 4 N–H and O–H groups in total. The molecule has 0 aliphatic carbocycles. The second-order valence-electron chi connectivity index (χ2n) is 3.66. The van der Waals surface area contributed by atoms with Gasteiger partial charge in [0.25, 0.3) is 0 Å². The lowest BCUT2D eigenvalue weighted by Gasteiger charge is -2.13. The number of aromatic nitrogens is 2. The Morgan fingerprint density at radius 1 is 1.69 bits per heavy atom. The molecule has 0 bridgehead atoms. The molecule has 0 unspecified atom stereocenters. The molecule has 7 heteroatoms. The number of nitrogens with two attached hydrogens (primary N) is 1. The van der Waals surface area contributed by atoms with Gasteiger partial charge in [0.05, 0.1) is 12.7 Å². The summed E-state index contributed by atoms with van der Waals surface area (Å²) in [6.07, 6.45) is -0.333. The van der Waals surface area contributed by atoms with Crippen LogP contribution < -0.4 is 11.4 Å². The van der Waals surface area contributed by atoms with Gasteiger partial charge >= 0.3 is 5.69 Å². The number of ether oxygens (including phenoxy) is 1. The lowest BCUT2D eigenvalue weighted by atomic mass is 10.2. The van der Waals surface area contributed by atoms with E-state index in [2.05, 4.69) is 4.98 Å². The molecule has 1 saturated heterocycles. The number of anilines is 1. The van der Waals surface area contributed by atoms with E-state index in [0.29, 0.717) is 0 Å². The zero-order valence-corrected chi connectivity index (χ0v) is 8.48. The van der Waals surface area contributed by atoms with Crippen molar-refractivity contribution in [3.05, 3.63) is 22.7 Å². The summed E-state index contributed by atoms with van der Waals surface area (Å²) < 4.78 is 6.56. The van der Waals surface area contributed by atoms with Crippen molar-refractivity contribution in [1.29, 1.82) is 0 Å². The summed E-state index contributed by atoms with van der Waals surface area (Å²) in [6, 6.07) is 1.48. The van der Waals surface area contributed by atoms with Crippen molar-refractivity contribution in [1.82, 2.24) is 9.55 Å². The van der Waals surface area contributed by atoms with Crippen molar-refractivity contribution in [2.75, 3.05) is 12.3 Å². The van der Waals surface area contributed by atoms with Gasteiger partial charge in [-0.2, -0.15) is 4.98 Å². The first-order valence-corrected chi connectivity index (χ1v) is 4.91. The molecule has 1 aromatic heterocycles. The maximum absolute atomic E-state index is 11.5. The molecule has 88 valence electrons. The van der Waals surface area contributed by atoms with Gasteiger partial charge in [0, 0.05) is 12.6 Å². The number of hydrogen-bond donors (Lipinski definition) is 3. The standard InChI is InChI=1S/C9H13N3O4/c10-7-1-2-12(9(15)11-7)8-3-5(14)6(4-13)16-8/h1-2,5-6,8,13-14H,3-4H2,(H2,10,11,15)/t5-,6+,8+/m0/s1/i9+1,11+1,12+1. The lowest BCUT2D eigenvalue weighted by molar-refractivity contribution is -0.0458. The molecule has 0 amide bonds. The number of aliphatic hydroxyl groups is 2. The van der Waals surface area contributed by atoms with Crippen LogP contribution in [0.3, 0.4) is 0 Å². The average Bonchev–Trinajstić information content (AvgIpc) is 2.59. The molecule has 7 nitrogen and oxygen atoms in total. The second kappa shape index (κ2) is 4.20. The maximum Gasteiger partial charge on any atom is 0.351 e. The molecule has 1 aliphatic rings. The predicted octanol–water partition coefficient (Wildman–Crippen LogP) is -1.53. The summed E-state index contributed by atoms with van der Waals surface area (Å²) in [5.74, 6) is 0.138. The average molecular weight is 230 g/mol. The number of aliphatic hydroxyl groups excluding tert-OH is 2. The number of hydrogen-bond acceptors (Lipinski definition) is 6. The van der Waals surface area contributed by atoms with Crippen LogP contribution in [-0.4, -0.2) is 38.6 Å². The largest absolute Gasteiger partial charge is 0.394 e. The Kier molecular flexibility index (Phi) is 2.90. The fourth-order valence-electron chi connectivity index (χ4n) is 1.70. The molecule has 0 saturated carbocycles. The third-order valence-electron chi connectivity index (χ3n) is 2.55. The Morgan fingerprint density at radius 3 is 3.00 bits per heavy atom. The lowest BCUT2D eigenvalue weighted by Crippen LogP contribution is -2.27. The van der Waals surface area contributed by atoms with Gasteiger partial charge in [0.15, 0.2) is 0 Å². The zero-order valence-electron chi connectivity index (χ0n) is 8.48. The first-order chi connectivity index (χ1) is 7.61. The van der Waals surface area contributed by atoms with Gasteiger partial charge in [0.2, 0.25) is 0 Å². The van der Waals surface area contributed by atoms with Crippen LogP contribution in [0.25, 0.3) is 0 Å². The van der Waals surface area contributed by atoms with E-state index < -0.39 is 24.1 Å². The first kappa shape index (κ1) is 11.1. The van der Waals surface area contributed by atoms with E-state index in [1.165, 1.54) is 16.8 Å². The van der Waals surface area contributed by atoms with Gasteiger partial charge in [-0.15, -0.1) is 0 Å².